The molecule has 0 unspecified atom stereocenters. The van der Waals surface area contributed by atoms with Gasteiger partial charge in [0.25, 0.3) is 0 Å². The van der Waals surface area contributed by atoms with Crippen molar-refractivity contribution in [1.29, 1.82) is 0 Å². The number of carbonyl (C=O) groups is 1. The molecule has 27 heavy (non-hydrogen) atoms. The normalized spacial score (nSPS) is 20.0. The van der Waals surface area contributed by atoms with Crippen molar-refractivity contribution < 1.29 is 13.6 Å². The zero-order valence-corrected chi connectivity index (χ0v) is 16.6. The molecular weight excluding hydrogens is 346 g/mol. The third-order valence-electron chi connectivity index (χ3n) is 6.06. The average molecular weight is 379 g/mol. The van der Waals surface area contributed by atoms with E-state index in [2.05, 4.69) is 18.7 Å². The second-order valence-electron chi connectivity index (χ2n) is 8.39. The summed E-state index contributed by atoms with van der Waals surface area (Å²) in [5.41, 5.74) is 1.28. The summed E-state index contributed by atoms with van der Waals surface area (Å²) in [6.45, 7) is 8.16. The number of benzene rings is 1. The number of aryl methyl sites for hydroxylation is 1. The molecule has 0 radical (unpaired) electrons. The van der Waals surface area contributed by atoms with Crippen molar-refractivity contribution in [2.45, 2.75) is 58.8 Å². The fourth-order valence-corrected chi connectivity index (χ4v) is 4.50. The van der Waals surface area contributed by atoms with Gasteiger partial charge in [0.2, 0.25) is 5.91 Å². The molecule has 1 aromatic rings. The molecule has 1 amide bonds. The predicted octanol–water partition coefficient (Wildman–Crippen LogP) is 4.78. The van der Waals surface area contributed by atoms with Crippen molar-refractivity contribution in [3.05, 3.63) is 29.3 Å². The number of fused-ring (bicyclic) bond motifs is 1. The molecule has 5 heteroatoms. The van der Waals surface area contributed by atoms with Crippen molar-refractivity contribution in [1.82, 2.24) is 4.90 Å². The largest absolute Gasteiger partial charge is 0.312 e. The summed E-state index contributed by atoms with van der Waals surface area (Å²) in [5.74, 6) is -0.541. The predicted molar refractivity (Wildman–Crippen MR) is 105 cm³/mol. The fraction of sp³-hybridized carbons (Fsp3) is 0.682. The van der Waals surface area contributed by atoms with E-state index in [0.717, 1.165) is 31.1 Å². The number of hydrogen-bond acceptors (Lipinski definition) is 2. The molecular formula is C22H32F2N2O. The van der Waals surface area contributed by atoms with Crippen molar-refractivity contribution in [3.63, 3.8) is 0 Å². The lowest BCUT2D eigenvalue weighted by Crippen LogP contribution is -2.43. The Bertz CT molecular complexity index is 656. The summed E-state index contributed by atoms with van der Waals surface area (Å²) in [4.78, 5) is 16.6. The van der Waals surface area contributed by atoms with Crippen LogP contribution in [0.2, 0.25) is 0 Å². The van der Waals surface area contributed by atoms with Crippen LogP contribution in [0, 0.1) is 23.5 Å². The summed E-state index contributed by atoms with van der Waals surface area (Å²) in [5, 5.41) is 0. The van der Waals surface area contributed by atoms with Crippen molar-refractivity contribution in [3.8, 4) is 0 Å². The van der Waals surface area contributed by atoms with Crippen LogP contribution in [-0.4, -0.2) is 37.0 Å². The molecule has 0 N–H and O–H groups in total. The Morgan fingerprint density at radius 2 is 1.81 bits per heavy atom. The van der Waals surface area contributed by atoms with Gasteiger partial charge in [-0.3, -0.25) is 4.79 Å². The third kappa shape index (κ3) is 5.07. The monoisotopic (exact) mass is 378 g/mol. The molecule has 0 aromatic heterocycles. The number of amides is 1. The minimum Gasteiger partial charge on any atom is -0.312 e. The first-order valence-corrected chi connectivity index (χ1v) is 10.5. The molecule has 1 atom stereocenters. The highest BCUT2D eigenvalue weighted by Gasteiger charge is 2.28. The number of halogens is 2. The van der Waals surface area contributed by atoms with Gasteiger partial charge in [0.15, 0.2) is 11.6 Å². The first-order valence-electron chi connectivity index (χ1n) is 10.5. The van der Waals surface area contributed by atoms with Gasteiger partial charge in [-0.2, -0.15) is 0 Å². The van der Waals surface area contributed by atoms with Crippen molar-refractivity contribution in [2.75, 3.05) is 31.1 Å². The third-order valence-corrected chi connectivity index (χ3v) is 6.06. The lowest BCUT2D eigenvalue weighted by Gasteiger charge is -2.36. The van der Waals surface area contributed by atoms with E-state index < -0.39 is 11.6 Å². The number of nitrogens with zero attached hydrogens (tertiary/aromatic N) is 2. The van der Waals surface area contributed by atoms with E-state index in [1.807, 2.05) is 0 Å². The molecule has 2 aliphatic heterocycles. The van der Waals surface area contributed by atoms with E-state index in [4.69, 9.17) is 0 Å². The van der Waals surface area contributed by atoms with Gasteiger partial charge in [-0.25, -0.2) is 8.78 Å². The fourth-order valence-electron chi connectivity index (χ4n) is 4.50. The van der Waals surface area contributed by atoms with Gasteiger partial charge in [-0.15, -0.1) is 0 Å². The van der Waals surface area contributed by atoms with Gasteiger partial charge in [0, 0.05) is 31.3 Å². The molecule has 0 aliphatic carbocycles. The van der Waals surface area contributed by atoms with Crippen molar-refractivity contribution >= 4 is 11.6 Å². The van der Waals surface area contributed by atoms with Crippen LogP contribution in [0.25, 0.3) is 0 Å². The lowest BCUT2D eigenvalue weighted by molar-refractivity contribution is -0.119. The molecule has 3 nitrogen and oxygen atoms in total. The van der Waals surface area contributed by atoms with E-state index in [-0.39, 0.29) is 5.91 Å². The number of anilines is 1. The molecule has 150 valence electrons. The van der Waals surface area contributed by atoms with Crippen LogP contribution < -0.4 is 4.90 Å². The Morgan fingerprint density at radius 3 is 2.52 bits per heavy atom. The average Bonchev–Trinajstić information content (AvgIpc) is 2.65. The summed E-state index contributed by atoms with van der Waals surface area (Å²) >= 11 is 0. The smallest absolute Gasteiger partial charge is 0.227 e. The first-order chi connectivity index (χ1) is 13.0. The summed E-state index contributed by atoms with van der Waals surface area (Å²) in [7, 11) is 0. The van der Waals surface area contributed by atoms with Crippen LogP contribution in [-0.2, 0) is 11.2 Å². The number of likely N-dealkylation sites (tertiary alicyclic amines) is 1. The Hall–Kier alpha value is -1.49. The number of unbranched alkanes of at least 4 members (excludes halogenated alkanes) is 1. The number of hydrogen-bond donors (Lipinski definition) is 0. The summed E-state index contributed by atoms with van der Waals surface area (Å²) in [6, 6.07) is 2.43. The minimum atomic E-state index is -0.879. The molecule has 0 saturated carbocycles. The molecule has 0 bridgehead atoms. The molecule has 1 saturated heterocycles. The van der Waals surface area contributed by atoms with Crippen LogP contribution >= 0.6 is 0 Å². The molecule has 0 spiro atoms. The molecule has 3 rings (SSSR count). The van der Waals surface area contributed by atoms with E-state index in [1.165, 1.54) is 44.2 Å². The maximum Gasteiger partial charge on any atom is 0.227 e. The minimum absolute atomic E-state index is 0.0126. The highest BCUT2D eigenvalue weighted by Crippen LogP contribution is 2.31. The highest BCUT2D eigenvalue weighted by atomic mass is 19.2. The van der Waals surface area contributed by atoms with E-state index in [0.29, 0.717) is 31.0 Å². The van der Waals surface area contributed by atoms with Gasteiger partial charge in [0.1, 0.15) is 0 Å². The van der Waals surface area contributed by atoms with Crippen LogP contribution in [0.4, 0.5) is 14.5 Å². The SMILES string of the molecule is CCCCC1CCN(C[C@@H](C)CN2C(=O)CCc3cc(F)c(F)cc32)CC1. The molecule has 1 fully saturated rings. The number of piperidine rings is 1. The Balaban J connectivity index is 1.56. The lowest BCUT2D eigenvalue weighted by atomic mass is 9.91. The van der Waals surface area contributed by atoms with Crippen LogP contribution in [0.3, 0.4) is 0 Å². The first kappa shape index (κ1) is 20.2. The molecule has 1 aromatic carbocycles. The Kier molecular flexibility index (Phi) is 6.85. The zero-order valence-electron chi connectivity index (χ0n) is 16.6. The maximum absolute atomic E-state index is 13.7. The Labute approximate surface area is 161 Å². The molecule has 2 heterocycles. The van der Waals surface area contributed by atoms with Crippen LogP contribution in [0.5, 0.6) is 0 Å². The van der Waals surface area contributed by atoms with Gasteiger partial charge >= 0.3 is 0 Å². The standard InChI is InChI=1S/C22H32F2N2O/c1-3-4-5-17-8-10-25(11-9-17)14-16(2)15-26-21-13-20(24)19(23)12-18(21)6-7-22(26)27/h12-13,16-17H,3-11,14-15H2,1-2H3/t16-/m1/s1. The summed E-state index contributed by atoms with van der Waals surface area (Å²) < 4.78 is 27.2. The van der Waals surface area contributed by atoms with Gasteiger partial charge in [0.05, 0.1) is 0 Å². The van der Waals surface area contributed by atoms with Crippen LogP contribution in [0.15, 0.2) is 12.1 Å². The second kappa shape index (κ2) is 9.13. The van der Waals surface area contributed by atoms with Crippen molar-refractivity contribution in [2.24, 2.45) is 11.8 Å². The topological polar surface area (TPSA) is 23.6 Å². The van der Waals surface area contributed by atoms with E-state index >= 15 is 0 Å². The van der Waals surface area contributed by atoms with E-state index in [9.17, 15) is 13.6 Å². The van der Waals surface area contributed by atoms with Gasteiger partial charge in [-0.05, 0) is 55.8 Å². The number of carbonyl (C=O) groups excluding carboxylic acids is 1. The highest BCUT2D eigenvalue weighted by molar-refractivity contribution is 5.96. The van der Waals surface area contributed by atoms with E-state index in [1.54, 1.807) is 4.90 Å². The van der Waals surface area contributed by atoms with Gasteiger partial charge < -0.3 is 9.80 Å². The Morgan fingerprint density at radius 1 is 1.11 bits per heavy atom. The van der Waals surface area contributed by atoms with Gasteiger partial charge in [-0.1, -0.05) is 33.1 Å². The quantitative estimate of drug-likeness (QED) is 0.682. The maximum atomic E-state index is 13.7. The number of rotatable bonds is 7. The second-order valence-corrected chi connectivity index (χ2v) is 8.39. The van der Waals surface area contributed by atoms with Crippen LogP contribution in [0.1, 0.15) is 57.9 Å². The zero-order chi connectivity index (χ0) is 19.4. The summed E-state index contributed by atoms with van der Waals surface area (Å²) in [6.07, 6.45) is 7.34. The molecule has 2 aliphatic rings.